The molecule has 21 nitrogen and oxygen atoms in total. The Morgan fingerprint density at radius 1 is 0.713 bits per heavy atom. The fourth-order valence-electron chi connectivity index (χ4n) is 12.2. The topological polar surface area (TPSA) is 266 Å². The number of benzene rings is 3. The van der Waals surface area contributed by atoms with E-state index in [4.69, 9.17) is 73.7 Å². The Morgan fingerprint density at radius 2 is 1.20 bits per heavy atom. The first-order valence-corrected chi connectivity index (χ1v) is 33.6. The van der Waals surface area contributed by atoms with Gasteiger partial charge >= 0.3 is 11.9 Å². The van der Waals surface area contributed by atoms with Crippen molar-refractivity contribution in [2.24, 2.45) is 38.1 Å². The minimum atomic E-state index is -0.885. The molecule has 8 rings (SSSR count). The molecule has 4 N–H and O–H groups in total. The number of carbonyl (C=O) groups excluding carboxylic acids is 6. The van der Waals surface area contributed by atoms with E-state index in [1.807, 2.05) is 93.5 Å². The number of likely N-dealkylation sites (tertiary alicyclic amines) is 2. The number of hydrogen-bond donors (Lipinski definition) is 4. The van der Waals surface area contributed by atoms with Crippen molar-refractivity contribution in [2.75, 3.05) is 47.1 Å². The Kier molecular flexibility index (Phi) is 30.3. The maximum Gasteiger partial charge on any atom is 0.328 e. The number of carbonyl (C=O) groups is 6. The first kappa shape index (κ1) is 77.6. The van der Waals surface area contributed by atoms with E-state index >= 15 is 0 Å². The molecule has 5 aliphatic rings. The fourth-order valence-corrected chi connectivity index (χ4v) is 12.8. The second-order valence-electron chi connectivity index (χ2n) is 26.6. The van der Waals surface area contributed by atoms with Crippen molar-refractivity contribution >= 4 is 87.5 Å². The highest BCUT2D eigenvalue weighted by Crippen LogP contribution is 2.41. The van der Waals surface area contributed by atoms with E-state index in [2.05, 4.69) is 32.7 Å². The molecule has 4 fully saturated rings. The van der Waals surface area contributed by atoms with Crippen LogP contribution in [0.2, 0.25) is 10.0 Å². The molecule has 0 radical (unpaired) electrons. The monoisotopic (exact) mass is 1370 g/mol. The summed E-state index contributed by atoms with van der Waals surface area (Å²) in [7, 11) is 2.63. The first-order chi connectivity index (χ1) is 44.5. The van der Waals surface area contributed by atoms with Gasteiger partial charge in [-0.05, 0) is 142 Å². The first-order valence-electron chi connectivity index (χ1n) is 32.5. The van der Waals surface area contributed by atoms with Crippen molar-refractivity contribution in [1.29, 1.82) is 0 Å². The van der Waals surface area contributed by atoms with Gasteiger partial charge in [0.25, 0.3) is 0 Å². The third kappa shape index (κ3) is 22.5. The number of nitrogens with one attached hydrogen (secondary N) is 2. The van der Waals surface area contributed by atoms with Crippen LogP contribution in [0, 0.1) is 29.6 Å². The number of halogens is 3. The Hall–Kier alpha value is -7.10. The zero-order chi connectivity index (χ0) is 69.5. The van der Waals surface area contributed by atoms with Crippen molar-refractivity contribution in [1.82, 2.24) is 20.4 Å². The van der Waals surface area contributed by atoms with Crippen LogP contribution in [0.1, 0.15) is 181 Å². The molecule has 2 aliphatic carbocycles. The number of rotatable bonds is 19. The molecule has 4 amide bonds. The number of methoxy groups -OCH3 is 2. The van der Waals surface area contributed by atoms with E-state index in [1.54, 1.807) is 30.3 Å². The van der Waals surface area contributed by atoms with Crippen LogP contribution in [0.5, 0.6) is 17.2 Å². The predicted molar refractivity (Wildman–Crippen MR) is 365 cm³/mol. The van der Waals surface area contributed by atoms with Crippen LogP contribution >= 0.6 is 34.8 Å². The highest BCUT2D eigenvalue weighted by molar-refractivity contribution is 6.69. The van der Waals surface area contributed by atoms with Crippen molar-refractivity contribution in [2.45, 2.75) is 195 Å². The molecule has 94 heavy (non-hydrogen) atoms. The third-order valence-corrected chi connectivity index (χ3v) is 18.0. The summed E-state index contributed by atoms with van der Waals surface area (Å²) in [5.74, 6) is 1.07. The zero-order valence-electron chi connectivity index (χ0n) is 56.8. The lowest BCUT2D eigenvalue weighted by molar-refractivity contribution is -0.153. The summed E-state index contributed by atoms with van der Waals surface area (Å²) < 4.78 is 26.1. The van der Waals surface area contributed by atoms with Gasteiger partial charge in [-0.1, -0.05) is 142 Å². The lowest BCUT2D eigenvalue weighted by atomic mass is 9.84. The van der Waals surface area contributed by atoms with Crippen molar-refractivity contribution < 1.29 is 67.7 Å². The molecule has 3 aliphatic heterocycles. The minimum Gasteiger partial charge on any atom is -0.494 e. The van der Waals surface area contributed by atoms with Gasteiger partial charge in [-0.25, -0.2) is 9.59 Å². The summed E-state index contributed by atoms with van der Waals surface area (Å²) in [6.07, 6.45) is 14.6. The summed E-state index contributed by atoms with van der Waals surface area (Å²) in [6.45, 7) is 25.3. The molecule has 3 aromatic carbocycles. The SMILES string of the molecule is C=C1C[C@@H](C(=O)OC)N(C(=O)[C@@H](NC(=O)CC2CCCCC2)C(C)(C)C)C1.CCOc1ccc(C(Cl)=NO)cc1Cl.CCOc1ccc(C2=NO[C@]3(C2)C[C@@H](C(=O)OC)N(C(=O)[C@@H](NC(=O)CC2CCCCC2)C(C)(C)C)C3)cc1Cl.CCOc1ccc(C=NO)cc1C. The van der Waals surface area contributed by atoms with E-state index < -0.39 is 52.5 Å². The van der Waals surface area contributed by atoms with Crippen molar-refractivity contribution in [3.05, 3.63) is 99.0 Å². The lowest BCUT2D eigenvalue weighted by Crippen LogP contribution is -2.57. The molecule has 3 aromatic rings. The Balaban J connectivity index is 0.000000253. The molecule has 2 saturated heterocycles. The summed E-state index contributed by atoms with van der Waals surface area (Å²) in [5, 5.41) is 33.8. The van der Waals surface area contributed by atoms with E-state index in [9.17, 15) is 28.8 Å². The fraction of sp³-hybridized carbons (Fsp3) is 0.586. The molecule has 0 unspecified atom stereocenters. The smallest absolute Gasteiger partial charge is 0.328 e. The van der Waals surface area contributed by atoms with Gasteiger partial charge in [0.05, 0.1) is 62.6 Å². The van der Waals surface area contributed by atoms with Gasteiger partial charge in [0.2, 0.25) is 23.6 Å². The van der Waals surface area contributed by atoms with Gasteiger partial charge in [0.1, 0.15) is 41.4 Å². The van der Waals surface area contributed by atoms with Crippen LogP contribution in [0.15, 0.2) is 82.2 Å². The zero-order valence-corrected chi connectivity index (χ0v) is 59.0. The minimum absolute atomic E-state index is 0.00468. The second kappa shape index (κ2) is 36.7. The highest BCUT2D eigenvalue weighted by Gasteiger charge is 2.56. The average molecular weight is 1370 g/mol. The van der Waals surface area contributed by atoms with E-state index in [1.165, 1.54) is 55.9 Å². The molecule has 518 valence electrons. The number of hydrogen-bond acceptors (Lipinski definition) is 17. The van der Waals surface area contributed by atoms with Crippen molar-refractivity contribution in [3.8, 4) is 17.2 Å². The number of aryl methyl sites for hydroxylation is 1. The Morgan fingerprint density at radius 3 is 1.67 bits per heavy atom. The molecule has 3 heterocycles. The van der Waals surface area contributed by atoms with Gasteiger partial charge in [0, 0.05) is 49.8 Å². The molecular weight excluding hydrogens is 1270 g/mol. The maximum absolute atomic E-state index is 14.1. The molecule has 24 heteroatoms. The number of amides is 4. The normalized spacial score (nSPS) is 19.8. The van der Waals surface area contributed by atoms with Crippen LogP contribution in [0.25, 0.3) is 0 Å². The molecule has 1 spiro atoms. The van der Waals surface area contributed by atoms with Gasteiger partial charge in [-0.3, -0.25) is 19.2 Å². The maximum atomic E-state index is 14.1. The van der Waals surface area contributed by atoms with Crippen LogP contribution in [0.3, 0.4) is 0 Å². The molecule has 2 saturated carbocycles. The second-order valence-corrected chi connectivity index (χ2v) is 27.7. The van der Waals surface area contributed by atoms with Crippen LogP contribution < -0.4 is 24.8 Å². The summed E-state index contributed by atoms with van der Waals surface area (Å²) in [4.78, 5) is 87.0. The molecule has 0 bridgehead atoms. The quantitative estimate of drug-likeness (QED) is 0.0286. The number of ether oxygens (including phenoxy) is 5. The largest absolute Gasteiger partial charge is 0.494 e. The Bertz CT molecular complexity index is 3170. The van der Waals surface area contributed by atoms with Gasteiger partial charge in [-0.2, -0.15) is 0 Å². The predicted octanol–water partition coefficient (Wildman–Crippen LogP) is 13.0. The van der Waals surface area contributed by atoms with Crippen molar-refractivity contribution in [3.63, 3.8) is 0 Å². The number of nitrogens with zero attached hydrogens (tertiary/aromatic N) is 5. The van der Waals surface area contributed by atoms with E-state index in [0.29, 0.717) is 96.7 Å². The van der Waals surface area contributed by atoms with E-state index in [0.717, 1.165) is 66.5 Å². The average Bonchev–Trinajstić information content (AvgIpc) is 1.60. The standard InChI is InChI=1S/C30H42ClN3O6.C21H34N2O4.C10H13NO2.C9H9Cl2NO2/c1-6-39-24-13-12-20(15-21(24)31)22-16-30(40-33-22)17-23(28(37)38-5)34(18-30)27(36)26(29(2,3)4)32-25(35)14-19-10-8-7-9-11-19;1-14-11-16(20(26)27-5)23(13-14)19(25)18(21(2,3)4)22-17(24)12-15-9-7-6-8-10-15;1-3-13-10-5-4-9(7-11-12)6-8(10)2;1-2-14-8-4-3-6(5-7(8)10)9(11)12-13/h12-13,15,19,23,26H,6-11,14,16-18H2,1-5H3,(H,32,35);15-16,18H,1,6-13H2,2-5H3,(H,22,24);4-7,12H,3H2,1-2H3;3-5,13H,2H2,1H3/t23-,26+,30+;16-,18+;;/m00../s1. The molecular formula is C70H98Cl3N7O14. The van der Waals surface area contributed by atoms with Gasteiger partial charge in [0.15, 0.2) is 10.8 Å². The Labute approximate surface area is 569 Å². The summed E-state index contributed by atoms with van der Waals surface area (Å²) >= 11 is 17.9. The van der Waals surface area contributed by atoms with Crippen LogP contribution in [-0.2, 0) is 43.1 Å². The summed E-state index contributed by atoms with van der Waals surface area (Å²) in [6, 6.07) is 13.0. The lowest BCUT2D eigenvalue weighted by Gasteiger charge is -2.35. The summed E-state index contributed by atoms with van der Waals surface area (Å²) in [5.41, 5.74) is 2.80. The number of esters is 2. The van der Waals surface area contributed by atoms with Gasteiger partial charge in [-0.15, -0.1) is 0 Å². The highest BCUT2D eigenvalue weighted by atomic mass is 35.5. The molecule has 0 aromatic heterocycles. The van der Waals surface area contributed by atoms with Crippen LogP contribution in [-0.4, -0.2) is 150 Å². The third-order valence-electron chi connectivity index (χ3n) is 17.1. The molecule has 5 atom stereocenters. The van der Waals surface area contributed by atoms with Gasteiger partial charge < -0.3 is 59.4 Å². The van der Waals surface area contributed by atoms with E-state index in [-0.39, 0.29) is 41.8 Å². The van der Waals surface area contributed by atoms with Crippen LogP contribution in [0.4, 0.5) is 0 Å². The number of oxime groups is 3.